The Hall–Kier alpha value is -1.73. The second-order valence-corrected chi connectivity index (χ2v) is 6.23. The molecule has 1 aromatic rings. The largest absolute Gasteiger partial charge is 0.381 e. The van der Waals surface area contributed by atoms with Gasteiger partial charge in [-0.25, -0.2) is 0 Å². The molecule has 1 N–H and O–H groups in total. The minimum atomic E-state index is -0.404. The van der Waals surface area contributed by atoms with Crippen LogP contribution in [0.25, 0.3) is 0 Å². The van der Waals surface area contributed by atoms with Gasteiger partial charge in [0.1, 0.15) is 0 Å². The molecule has 0 spiro atoms. The topological polar surface area (TPSA) is 67.6 Å². The summed E-state index contributed by atoms with van der Waals surface area (Å²) in [5.74, 6) is 0.539. The van der Waals surface area contributed by atoms with Gasteiger partial charge in [0.2, 0.25) is 0 Å². The van der Waals surface area contributed by atoms with Crippen LogP contribution >= 0.6 is 12.2 Å². The molecule has 0 radical (unpaired) electrons. The second-order valence-electron chi connectivity index (χ2n) is 5.85. The van der Waals surface area contributed by atoms with E-state index in [1.807, 2.05) is 0 Å². The Morgan fingerprint density at radius 2 is 2.09 bits per heavy atom. The van der Waals surface area contributed by atoms with Crippen LogP contribution in [0.1, 0.15) is 19.3 Å². The van der Waals surface area contributed by atoms with Gasteiger partial charge in [-0.3, -0.25) is 10.1 Å². The van der Waals surface area contributed by atoms with Crippen LogP contribution in [0.2, 0.25) is 0 Å². The third kappa shape index (κ3) is 3.72. The molecule has 3 rings (SSSR count). The summed E-state index contributed by atoms with van der Waals surface area (Å²) in [4.78, 5) is 12.5. The Balaban J connectivity index is 1.61. The number of hydrogen-bond acceptors (Lipinski definition) is 4. The highest BCUT2D eigenvalue weighted by Crippen LogP contribution is 2.30. The highest BCUT2D eigenvalue weighted by molar-refractivity contribution is 7.80. The summed E-state index contributed by atoms with van der Waals surface area (Å²) < 4.78 is 5.44. The van der Waals surface area contributed by atoms with E-state index in [0.29, 0.717) is 17.1 Å². The smallest absolute Gasteiger partial charge is 0.269 e. The Kier molecular flexibility index (Phi) is 4.54. The van der Waals surface area contributed by atoms with E-state index in [-0.39, 0.29) is 5.69 Å². The van der Waals surface area contributed by atoms with E-state index in [0.717, 1.165) is 31.9 Å². The summed E-state index contributed by atoms with van der Waals surface area (Å²) in [6.07, 6.45) is 3.44. The van der Waals surface area contributed by atoms with Crippen molar-refractivity contribution < 1.29 is 9.66 Å². The van der Waals surface area contributed by atoms with Crippen LogP contribution in [-0.2, 0) is 4.74 Å². The minimum Gasteiger partial charge on any atom is -0.381 e. The van der Waals surface area contributed by atoms with Crippen LogP contribution < -0.4 is 5.32 Å². The molecule has 22 heavy (non-hydrogen) atoms. The molecule has 2 fully saturated rings. The van der Waals surface area contributed by atoms with Crippen molar-refractivity contribution in [3.8, 4) is 0 Å². The van der Waals surface area contributed by atoms with Gasteiger partial charge in [-0.15, -0.1) is 0 Å². The third-order valence-electron chi connectivity index (χ3n) is 4.06. The average Bonchev–Trinajstić information content (AvgIpc) is 3.21. The number of hydrogen-bond donors (Lipinski definition) is 1. The highest BCUT2D eigenvalue weighted by atomic mass is 32.1. The number of nitrogens with zero attached hydrogens (tertiary/aromatic N) is 2. The maximum absolute atomic E-state index is 10.7. The molecule has 1 saturated carbocycles. The lowest BCUT2D eigenvalue weighted by molar-refractivity contribution is -0.384. The molecule has 2 aliphatic rings. The molecule has 0 aromatic heterocycles. The van der Waals surface area contributed by atoms with E-state index < -0.39 is 4.92 Å². The Morgan fingerprint density at radius 3 is 2.64 bits per heavy atom. The van der Waals surface area contributed by atoms with Gasteiger partial charge in [0.05, 0.1) is 11.5 Å². The SMILES string of the molecule is O=[N+]([O-])c1ccc(NC(=S)N(C[C@@H]2CCOC2)C2CC2)cc1. The molecule has 6 nitrogen and oxygen atoms in total. The molecule has 1 aliphatic carbocycles. The van der Waals surface area contributed by atoms with E-state index in [1.54, 1.807) is 12.1 Å². The van der Waals surface area contributed by atoms with Gasteiger partial charge >= 0.3 is 0 Å². The van der Waals surface area contributed by atoms with Crippen LogP contribution in [0.3, 0.4) is 0 Å². The monoisotopic (exact) mass is 321 g/mol. The second kappa shape index (κ2) is 6.58. The maximum Gasteiger partial charge on any atom is 0.269 e. The predicted octanol–water partition coefficient (Wildman–Crippen LogP) is 2.79. The van der Waals surface area contributed by atoms with Crippen molar-refractivity contribution in [1.29, 1.82) is 0 Å². The van der Waals surface area contributed by atoms with Gasteiger partial charge < -0.3 is 15.0 Å². The number of anilines is 1. The first-order chi connectivity index (χ1) is 10.6. The van der Waals surface area contributed by atoms with E-state index in [4.69, 9.17) is 17.0 Å². The van der Waals surface area contributed by atoms with E-state index in [2.05, 4.69) is 10.2 Å². The quantitative estimate of drug-likeness (QED) is 0.511. The first-order valence-electron chi connectivity index (χ1n) is 7.53. The Labute approximate surface area is 134 Å². The Bertz CT molecular complexity index is 554. The molecule has 0 unspecified atom stereocenters. The van der Waals surface area contributed by atoms with E-state index in [1.165, 1.54) is 25.0 Å². The summed E-state index contributed by atoms with van der Waals surface area (Å²) in [5, 5.41) is 14.6. The fraction of sp³-hybridized carbons (Fsp3) is 0.533. The summed E-state index contributed by atoms with van der Waals surface area (Å²) in [5.41, 5.74) is 0.863. The number of non-ortho nitro benzene ring substituents is 1. The van der Waals surface area contributed by atoms with E-state index in [9.17, 15) is 10.1 Å². The number of nitro benzene ring substituents is 1. The van der Waals surface area contributed by atoms with Gasteiger partial charge in [0, 0.05) is 42.9 Å². The molecule has 1 saturated heterocycles. The fourth-order valence-corrected chi connectivity index (χ4v) is 2.99. The van der Waals surface area contributed by atoms with Gasteiger partial charge in [-0.2, -0.15) is 0 Å². The molecule has 7 heteroatoms. The molecular weight excluding hydrogens is 302 g/mol. The lowest BCUT2D eigenvalue weighted by Gasteiger charge is -2.28. The Morgan fingerprint density at radius 1 is 1.36 bits per heavy atom. The molecule has 1 atom stereocenters. The van der Waals surface area contributed by atoms with Gasteiger partial charge in [0.15, 0.2) is 5.11 Å². The van der Waals surface area contributed by atoms with Crippen molar-refractivity contribution in [2.24, 2.45) is 5.92 Å². The van der Waals surface area contributed by atoms with Crippen molar-refractivity contribution in [2.45, 2.75) is 25.3 Å². The van der Waals surface area contributed by atoms with Crippen molar-refractivity contribution in [2.75, 3.05) is 25.1 Å². The number of nitro groups is 1. The molecule has 1 heterocycles. The minimum absolute atomic E-state index is 0.0821. The third-order valence-corrected chi connectivity index (χ3v) is 4.39. The molecular formula is C15H19N3O3S. The first-order valence-corrected chi connectivity index (χ1v) is 7.94. The summed E-state index contributed by atoms with van der Waals surface area (Å²) in [6.45, 7) is 2.57. The van der Waals surface area contributed by atoms with Crippen molar-refractivity contribution in [3.05, 3.63) is 34.4 Å². The van der Waals surface area contributed by atoms with Crippen LogP contribution in [0.15, 0.2) is 24.3 Å². The molecule has 118 valence electrons. The normalized spacial score (nSPS) is 20.6. The predicted molar refractivity (Wildman–Crippen MR) is 88.0 cm³/mol. The summed E-state index contributed by atoms with van der Waals surface area (Å²) >= 11 is 5.53. The van der Waals surface area contributed by atoms with Crippen molar-refractivity contribution >= 4 is 28.7 Å². The van der Waals surface area contributed by atoms with Crippen LogP contribution in [0, 0.1) is 16.0 Å². The fourth-order valence-electron chi connectivity index (χ4n) is 2.65. The molecule has 0 bridgehead atoms. The van der Waals surface area contributed by atoms with Crippen LogP contribution in [0.4, 0.5) is 11.4 Å². The zero-order valence-electron chi connectivity index (χ0n) is 12.2. The summed E-state index contributed by atoms with van der Waals surface area (Å²) in [7, 11) is 0. The standard InChI is InChI=1S/C15H19N3O3S/c19-18(20)14-3-1-12(2-4-14)16-15(22)17(13-5-6-13)9-11-7-8-21-10-11/h1-4,11,13H,5-10H2,(H,16,22)/t11-/m0/s1. The average molecular weight is 321 g/mol. The van der Waals surface area contributed by atoms with E-state index >= 15 is 0 Å². The lowest BCUT2D eigenvalue weighted by atomic mass is 10.1. The van der Waals surface area contributed by atoms with Gasteiger partial charge in [-0.1, -0.05) is 0 Å². The van der Waals surface area contributed by atoms with Crippen LogP contribution in [-0.4, -0.2) is 40.7 Å². The number of nitrogens with one attached hydrogen (secondary N) is 1. The van der Waals surface area contributed by atoms with Crippen LogP contribution in [0.5, 0.6) is 0 Å². The first kappa shape index (κ1) is 15.2. The van der Waals surface area contributed by atoms with Crippen molar-refractivity contribution in [3.63, 3.8) is 0 Å². The maximum atomic E-state index is 10.7. The number of benzene rings is 1. The molecule has 1 aromatic carbocycles. The van der Waals surface area contributed by atoms with Crippen molar-refractivity contribution in [1.82, 2.24) is 4.90 Å². The number of ether oxygens (including phenoxy) is 1. The lowest BCUT2D eigenvalue weighted by Crippen LogP contribution is -2.40. The highest BCUT2D eigenvalue weighted by Gasteiger charge is 2.33. The molecule has 1 aliphatic heterocycles. The number of thiocarbonyl (C=S) groups is 1. The zero-order valence-corrected chi connectivity index (χ0v) is 13.1. The number of rotatable bonds is 5. The zero-order chi connectivity index (χ0) is 15.5. The van der Waals surface area contributed by atoms with Gasteiger partial charge in [-0.05, 0) is 43.6 Å². The summed E-state index contributed by atoms with van der Waals surface area (Å²) in [6, 6.07) is 6.87. The molecule has 0 amide bonds. The van der Waals surface area contributed by atoms with Gasteiger partial charge in [0.25, 0.3) is 5.69 Å².